The number of para-hydroxylation sites is 1. The number of nitrogens with two attached hydrogens (primary N) is 1. The number of rotatable bonds is 6. The number of hydrogen-bond acceptors (Lipinski definition) is 9. The number of aryl methyl sites for hydroxylation is 1. The van der Waals surface area contributed by atoms with E-state index in [9.17, 15) is 19.2 Å². The predicted molar refractivity (Wildman–Crippen MR) is 197 cm³/mol. The number of carbonyl (C=O) groups is 4. The molecule has 3 fully saturated rings. The fourth-order valence-corrected chi connectivity index (χ4v) is 7.69. The smallest absolute Gasteiger partial charge is 0.410 e. The summed E-state index contributed by atoms with van der Waals surface area (Å²) in [5, 5.41) is 3.04. The van der Waals surface area contributed by atoms with Gasteiger partial charge < -0.3 is 40.1 Å². The Balaban J connectivity index is 1.03. The van der Waals surface area contributed by atoms with Crippen LogP contribution in [0.3, 0.4) is 0 Å². The molecule has 282 valence electrons. The van der Waals surface area contributed by atoms with E-state index in [-0.39, 0.29) is 30.5 Å². The summed E-state index contributed by atoms with van der Waals surface area (Å²) in [6, 6.07) is 9.94. The van der Waals surface area contributed by atoms with Crippen LogP contribution in [0.25, 0.3) is 0 Å². The number of carbonyl (C=O) groups excluding carboxylic acids is 4. The van der Waals surface area contributed by atoms with Crippen LogP contribution in [0.5, 0.6) is 0 Å². The molecular weight excluding hydrogens is 664 g/mol. The van der Waals surface area contributed by atoms with Gasteiger partial charge in [0.15, 0.2) is 6.10 Å². The van der Waals surface area contributed by atoms with Crippen LogP contribution >= 0.6 is 0 Å². The lowest BCUT2D eigenvalue weighted by molar-refractivity contribution is -0.142. The molecule has 3 saturated heterocycles. The Morgan fingerprint density at radius 3 is 2.19 bits per heavy atom. The van der Waals surface area contributed by atoms with Crippen LogP contribution in [0, 0.1) is 6.92 Å². The van der Waals surface area contributed by atoms with Gasteiger partial charge >= 0.3 is 18.2 Å². The molecule has 0 spiro atoms. The van der Waals surface area contributed by atoms with Crippen molar-refractivity contribution in [3.05, 3.63) is 53.2 Å². The molecule has 14 nitrogen and oxygen atoms in total. The number of amides is 5. The van der Waals surface area contributed by atoms with Gasteiger partial charge in [-0.25, -0.2) is 19.4 Å². The summed E-state index contributed by atoms with van der Waals surface area (Å²) in [6.45, 7) is 12.8. The van der Waals surface area contributed by atoms with Gasteiger partial charge in [0.05, 0.1) is 0 Å². The fraction of sp³-hybridized carbons (Fsp3) is 0.605. The first-order valence-electron chi connectivity index (χ1n) is 18.7. The van der Waals surface area contributed by atoms with E-state index >= 15 is 0 Å². The predicted octanol–water partition coefficient (Wildman–Crippen LogP) is 4.12. The van der Waals surface area contributed by atoms with Gasteiger partial charge in [-0.05, 0) is 82.6 Å². The van der Waals surface area contributed by atoms with Gasteiger partial charge in [0.1, 0.15) is 11.4 Å². The molecule has 52 heavy (non-hydrogen) atoms. The molecule has 5 amide bonds. The van der Waals surface area contributed by atoms with E-state index in [1.807, 2.05) is 67.8 Å². The minimum absolute atomic E-state index is 0.00111. The second-order valence-electron chi connectivity index (χ2n) is 15.4. The Kier molecular flexibility index (Phi) is 11.4. The molecule has 1 unspecified atom stereocenters. The van der Waals surface area contributed by atoms with Crippen LogP contribution in [0.15, 0.2) is 36.5 Å². The van der Waals surface area contributed by atoms with Gasteiger partial charge in [-0.1, -0.05) is 24.3 Å². The lowest BCUT2D eigenvalue weighted by Crippen LogP contribution is -2.56. The number of urea groups is 1. The number of benzene rings is 1. The number of pyridine rings is 1. The zero-order valence-electron chi connectivity index (χ0n) is 31.0. The summed E-state index contributed by atoms with van der Waals surface area (Å²) in [6.07, 6.45) is 3.61. The molecule has 3 N–H and O–H groups in total. The SMILES string of the molecule is Cc1cc(CC(OC(=O)N2CCC(N3CCc4ccccc4NC3=O)CC2)C(=O)N2CCC(N3CCN(C(=O)OC(C)(C)C)CC3)CC2)cnc1N. The number of aromatic nitrogens is 1. The summed E-state index contributed by atoms with van der Waals surface area (Å²) in [5.74, 6) is 0.203. The number of likely N-dealkylation sites (tertiary alicyclic amines) is 2. The molecule has 4 aliphatic heterocycles. The molecule has 1 atom stereocenters. The number of nitrogens with one attached hydrogen (secondary N) is 1. The van der Waals surface area contributed by atoms with E-state index in [1.165, 1.54) is 0 Å². The van der Waals surface area contributed by atoms with Crippen molar-refractivity contribution in [2.45, 2.75) is 90.0 Å². The van der Waals surface area contributed by atoms with Crippen LogP contribution in [-0.2, 0) is 27.1 Å². The minimum Gasteiger partial charge on any atom is -0.444 e. The molecule has 5 heterocycles. The van der Waals surface area contributed by atoms with Gasteiger partial charge in [-0.3, -0.25) is 9.69 Å². The van der Waals surface area contributed by atoms with Crippen molar-refractivity contribution in [3.63, 3.8) is 0 Å². The summed E-state index contributed by atoms with van der Waals surface area (Å²) >= 11 is 0. The van der Waals surface area contributed by atoms with Crippen molar-refractivity contribution in [3.8, 4) is 0 Å². The van der Waals surface area contributed by atoms with Crippen molar-refractivity contribution >= 4 is 35.6 Å². The standard InChI is InChI=1S/C38H54N8O6/c1-26-23-27(25-40-33(26)39)24-32(34(47)43-14-10-29(11-15-43)42-19-21-45(22-20-42)37(50)52-38(2,3)4)51-36(49)44-16-12-30(13-17-44)46-18-9-28-7-5-6-8-31(28)41-35(46)48/h5-8,23,25,29-30,32H,9-22,24H2,1-4H3,(H2,39,40)(H,41,48). The number of hydrogen-bond donors (Lipinski definition) is 2. The zero-order chi connectivity index (χ0) is 37.0. The van der Waals surface area contributed by atoms with E-state index in [4.69, 9.17) is 15.2 Å². The largest absolute Gasteiger partial charge is 0.444 e. The number of anilines is 2. The van der Waals surface area contributed by atoms with Crippen molar-refractivity contribution < 1.29 is 28.7 Å². The minimum atomic E-state index is -1.01. The van der Waals surface area contributed by atoms with E-state index in [0.29, 0.717) is 70.5 Å². The molecule has 1 aromatic heterocycles. The highest BCUT2D eigenvalue weighted by Crippen LogP contribution is 2.26. The second kappa shape index (κ2) is 16.0. The topological polar surface area (TPSA) is 154 Å². The zero-order valence-corrected chi connectivity index (χ0v) is 31.0. The summed E-state index contributed by atoms with van der Waals surface area (Å²) in [7, 11) is 0. The summed E-state index contributed by atoms with van der Waals surface area (Å²) in [4.78, 5) is 67.1. The Bertz CT molecular complexity index is 1610. The molecule has 2 aromatic rings. The van der Waals surface area contributed by atoms with Gasteiger partial charge in [0.25, 0.3) is 5.91 Å². The van der Waals surface area contributed by atoms with E-state index in [0.717, 1.165) is 54.7 Å². The average molecular weight is 719 g/mol. The first-order chi connectivity index (χ1) is 24.8. The van der Waals surface area contributed by atoms with Crippen molar-refractivity contribution in [1.29, 1.82) is 0 Å². The number of piperidine rings is 2. The van der Waals surface area contributed by atoms with E-state index in [1.54, 1.807) is 16.0 Å². The van der Waals surface area contributed by atoms with Crippen molar-refractivity contribution in [2.24, 2.45) is 0 Å². The molecule has 0 saturated carbocycles. The Hall–Kier alpha value is -4.59. The monoisotopic (exact) mass is 718 g/mol. The maximum Gasteiger partial charge on any atom is 0.410 e. The average Bonchev–Trinajstić information content (AvgIpc) is 3.30. The quantitative estimate of drug-likeness (QED) is 0.449. The number of piperazine rings is 1. The molecular formula is C38H54N8O6. The Labute approximate surface area is 306 Å². The highest BCUT2D eigenvalue weighted by molar-refractivity contribution is 5.91. The van der Waals surface area contributed by atoms with Crippen LogP contribution in [0.1, 0.15) is 63.1 Å². The summed E-state index contributed by atoms with van der Waals surface area (Å²) < 4.78 is 11.6. The van der Waals surface area contributed by atoms with Crippen LogP contribution in [-0.4, -0.2) is 136 Å². The van der Waals surface area contributed by atoms with Gasteiger partial charge in [0, 0.05) is 89.3 Å². The molecule has 4 aliphatic rings. The highest BCUT2D eigenvalue weighted by Gasteiger charge is 2.37. The van der Waals surface area contributed by atoms with Crippen LogP contribution < -0.4 is 11.1 Å². The number of ether oxygens (including phenoxy) is 2. The maximum atomic E-state index is 14.1. The van der Waals surface area contributed by atoms with Gasteiger partial charge in [-0.2, -0.15) is 0 Å². The first kappa shape index (κ1) is 37.2. The first-order valence-corrected chi connectivity index (χ1v) is 18.7. The Morgan fingerprint density at radius 1 is 0.885 bits per heavy atom. The normalized spacial score (nSPS) is 20.1. The third kappa shape index (κ3) is 9.06. The summed E-state index contributed by atoms with van der Waals surface area (Å²) in [5.41, 5.74) is 8.96. The lowest BCUT2D eigenvalue weighted by atomic mass is 10.0. The third-order valence-corrected chi connectivity index (χ3v) is 10.7. The van der Waals surface area contributed by atoms with Crippen LogP contribution in [0.4, 0.5) is 25.9 Å². The number of fused-ring (bicyclic) bond motifs is 1. The maximum absolute atomic E-state index is 14.1. The number of nitrogens with zero attached hydrogens (tertiary/aromatic N) is 6. The number of nitrogen functional groups attached to an aromatic ring is 1. The molecule has 1 aromatic carbocycles. The molecule has 0 radical (unpaired) electrons. The van der Waals surface area contributed by atoms with Crippen molar-refractivity contribution in [2.75, 3.05) is 70.0 Å². The van der Waals surface area contributed by atoms with E-state index < -0.39 is 17.8 Å². The van der Waals surface area contributed by atoms with Gasteiger partial charge in [-0.15, -0.1) is 0 Å². The van der Waals surface area contributed by atoms with Gasteiger partial charge in [0.2, 0.25) is 0 Å². The molecule has 6 rings (SSSR count). The van der Waals surface area contributed by atoms with Crippen molar-refractivity contribution in [1.82, 2.24) is 29.5 Å². The second-order valence-corrected chi connectivity index (χ2v) is 15.4. The highest BCUT2D eigenvalue weighted by atomic mass is 16.6. The lowest BCUT2D eigenvalue weighted by Gasteiger charge is -2.43. The van der Waals surface area contributed by atoms with E-state index in [2.05, 4.69) is 15.2 Å². The van der Waals surface area contributed by atoms with Crippen LogP contribution in [0.2, 0.25) is 0 Å². The fourth-order valence-electron chi connectivity index (χ4n) is 7.69. The third-order valence-electron chi connectivity index (χ3n) is 10.7. The molecule has 0 bridgehead atoms. The molecule has 0 aliphatic carbocycles. The molecule has 14 heteroatoms. The Morgan fingerprint density at radius 2 is 1.52 bits per heavy atom.